The van der Waals surface area contributed by atoms with Gasteiger partial charge in [0.1, 0.15) is 6.42 Å². The molecule has 6 nitrogen and oxygen atoms in total. The Bertz CT molecular complexity index is 302. The summed E-state index contributed by atoms with van der Waals surface area (Å²) in [4.78, 5) is 34.6. The highest BCUT2D eigenvalue weighted by Crippen LogP contribution is 2.19. The Kier molecular flexibility index (Phi) is 4.28. The molecule has 0 aromatic rings. The van der Waals surface area contributed by atoms with Crippen LogP contribution in [-0.4, -0.2) is 47.0 Å². The minimum absolute atomic E-state index is 0.222. The van der Waals surface area contributed by atoms with Crippen LogP contribution >= 0.6 is 0 Å². The van der Waals surface area contributed by atoms with Gasteiger partial charge in [0.25, 0.3) is 0 Å². The summed E-state index contributed by atoms with van der Waals surface area (Å²) in [5.74, 6) is -0.969. The lowest BCUT2D eigenvalue weighted by atomic mass is 10.1. The molecule has 1 aliphatic rings. The normalized spacial score (nSPS) is 19.6. The van der Waals surface area contributed by atoms with Crippen molar-refractivity contribution in [2.24, 2.45) is 0 Å². The molecule has 0 saturated carbocycles. The molecule has 6 heteroatoms. The first-order chi connectivity index (χ1) is 7.56. The number of amides is 1. The SMILES string of the molecule is CCOC(=O)CC(=O)C1CCCN1C(=O)O. The van der Waals surface area contributed by atoms with E-state index in [4.69, 9.17) is 5.11 Å². The molecule has 1 heterocycles. The van der Waals surface area contributed by atoms with Gasteiger partial charge in [-0.1, -0.05) is 0 Å². The van der Waals surface area contributed by atoms with Crippen LogP contribution < -0.4 is 0 Å². The Hall–Kier alpha value is -1.59. The topological polar surface area (TPSA) is 83.9 Å². The van der Waals surface area contributed by atoms with Crippen molar-refractivity contribution in [3.63, 3.8) is 0 Å². The van der Waals surface area contributed by atoms with Crippen LogP contribution in [0.2, 0.25) is 0 Å². The predicted octanol–water partition coefficient (Wildman–Crippen LogP) is 0.651. The van der Waals surface area contributed by atoms with Crippen LogP contribution in [0.15, 0.2) is 0 Å². The maximum absolute atomic E-state index is 11.6. The third-order valence-electron chi connectivity index (χ3n) is 2.49. The summed E-state index contributed by atoms with van der Waals surface area (Å²) in [6.07, 6.45) is -0.307. The number of carbonyl (C=O) groups excluding carboxylic acids is 2. The number of esters is 1. The Morgan fingerprint density at radius 1 is 1.44 bits per heavy atom. The summed E-state index contributed by atoms with van der Waals surface area (Å²) < 4.78 is 4.64. The van der Waals surface area contributed by atoms with Crippen molar-refractivity contribution in [1.82, 2.24) is 4.90 Å². The summed E-state index contributed by atoms with van der Waals surface area (Å²) in [7, 11) is 0. The predicted molar refractivity (Wildman–Crippen MR) is 54.0 cm³/mol. The molecular weight excluding hydrogens is 214 g/mol. The van der Waals surface area contributed by atoms with Crippen LogP contribution in [0.25, 0.3) is 0 Å². The molecular formula is C10H15NO5. The molecule has 1 fully saturated rings. The summed E-state index contributed by atoms with van der Waals surface area (Å²) >= 11 is 0. The summed E-state index contributed by atoms with van der Waals surface area (Å²) in [5, 5.41) is 8.83. The van der Waals surface area contributed by atoms with Crippen LogP contribution in [-0.2, 0) is 14.3 Å². The Morgan fingerprint density at radius 3 is 2.69 bits per heavy atom. The highest BCUT2D eigenvalue weighted by Gasteiger charge is 2.34. The van der Waals surface area contributed by atoms with Gasteiger partial charge in [-0.25, -0.2) is 4.79 Å². The molecule has 1 atom stereocenters. The van der Waals surface area contributed by atoms with Crippen molar-refractivity contribution in [1.29, 1.82) is 0 Å². The van der Waals surface area contributed by atoms with Gasteiger partial charge < -0.3 is 9.84 Å². The van der Waals surface area contributed by atoms with Crippen molar-refractivity contribution in [2.45, 2.75) is 32.2 Å². The van der Waals surface area contributed by atoms with Crippen molar-refractivity contribution >= 4 is 17.8 Å². The number of likely N-dealkylation sites (tertiary alicyclic amines) is 1. The maximum Gasteiger partial charge on any atom is 0.407 e. The second-order valence-corrected chi connectivity index (χ2v) is 3.58. The van der Waals surface area contributed by atoms with Crippen LogP contribution in [0.1, 0.15) is 26.2 Å². The number of ether oxygens (including phenoxy) is 1. The van der Waals surface area contributed by atoms with E-state index in [1.54, 1.807) is 6.92 Å². The quantitative estimate of drug-likeness (QED) is 0.565. The highest BCUT2D eigenvalue weighted by atomic mass is 16.5. The molecule has 0 aromatic heterocycles. The Balaban J connectivity index is 2.53. The molecule has 0 aliphatic carbocycles. The average Bonchev–Trinajstić information content (AvgIpc) is 2.65. The smallest absolute Gasteiger partial charge is 0.407 e. The van der Waals surface area contributed by atoms with Crippen molar-refractivity contribution < 1.29 is 24.2 Å². The number of Topliss-reactive ketones (excluding diaryl/α,β-unsaturated/α-hetero) is 1. The number of hydrogen-bond donors (Lipinski definition) is 1. The van der Waals surface area contributed by atoms with Gasteiger partial charge in [0.15, 0.2) is 5.78 Å². The standard InChI is InChI=1S/C10H15NO5/c1-2-16-9(13)6-8(12)7-4-3-5-11(7)10(14)15/h7H,2-6H2,1H3,(H,14,15). The van der Waals surface area contributed by atoms with Gasteiger partial charge in [0.2, 0.25) is 0 Å². The van der Waals surface area contributed by atoms with Crippen molar-refractivity contribution in [3.05, 3.63) is 0 Å². The van der Waals surface area contributed by atoms with Crippen LogP contribution in [0, 0.1) is 0 Å². The van der Waals surface area contributed by atoms with Gasteiger partial charge in [0.05, 0.1) is 12.6 Å². The fourth-order valence-corrected chi connectivity index (χ4v) is 1.80. The third-order valence-corrected chi connectivity index (χ3v) is 2.49. The molecule has 1 saturated heterocycles. The molecule has 0 bridgehead atoms. The van der Waals surface area contributed by atoms with Gasteiger partial charge in [-0.15, -0.1) is 0 Å². The zero-order chi connectivity index (χ0) is 12.1. The lowest BCUT2D eigenvalue weighted by Gasteiger charge is -2.19. The number of hydrogen-bond acceptors (Lipinski definition) is 4. The van der Waals surface area contributed by atoms with E-state index in [0.29, 0.717) is 19.4 Å². The maximum atomic E-state index is 11.6. The number of rotatable bonds is 4. The fourth-order valence-electron chi connectivity index (χ4n) is 1.80. The molecule has 1 rings (SSSR count). The number of carbonyl (C=O) groups is 3. The highest BCUT2D eigenvalue weighted by molar-refractivity contribution is 5.99. The van der Waals surface area contributed by atoms with E-state index in [0.717, 1.165) is 4.90 Å². The number of ketones is 1. The first-order valence-corrected chi connectivity index (χ1v) is 5.24. The van der Waals surface area contributed by atoms with Gasteiger partial charge >= 0.3 is 12.1 Å². The monoisotopic (exact) mass is 229 g/mol. The molecule has 1 N–H and O–H groups in total. The largest absolute Gasteiger partial charge is 0.466 e. The van der Waals surface area contributed by atoms with E-state index in [9.17, 15) is 14.4 Å². The molecule has 0 aromatic carbocycles. The van der Waals surface area contributed by atoms with E-state index in [2.05, 4.69) is 4.74 Å². The van der Waals surface area contributed by atoms with Gasteiger partial charge in [-0.3, -0.25) is 14.5 Å². The lowest BCUT2D eigenvalue weighted by molar-refractivity contribution is -0.146. The van der Waals surface area contributed by atoms with E-state index in [-0.39, 0.29) is 18.8 Å². The third kappa shape index (κ3) is 2.95. The molecule has 90 valence electrons. The van der Waals surface area contributed by atoms with Gasteiger partial charge in [-0.2, -0.15) is 0 Å². The minimum Gasteiger partial charge on any atom is -0.466 e. The second kappa shape index (κ2) is 5.48. The second-order valence-electron chi connectivity index (χ2n) is 3.58. The van der Waals surface area contributed by atoms with Crippen LogP contribution in [0.5, 0.6) is 0 Å². The fraction of sp³-hybridized carbons (Fsp3) is 0.700. The lowest BCUT2D eigenvalue weighted by Crippen LogP contribution is -2.40. The molecule has 1 unspecified atom stereocenters. The summed E-state index contributed by atoms with van der Waals surface area (Å²) in [6.45, 7) is 2.23. The van der Waals surface area contributed by atoms with E-state index >= 15 is 0 Å². The zero-order valence-electron chi connectivity index (χ0n) is 9.14. The molecule has 0 radical (unpaired) electrons. The molecule has 1 aliphatic heterocycles. The molecule has 16 heavy (non-hydrogen) atoms. The summed E-state index contributed by atoms with van der Waals surface area (Å²) in [6, 6.07) is -0.679. The Labute approximate surface area is 93.2 Å². The van der Waals surface area contributed by atoms with E-state index in [1.807, 2.05) is 0 Å². The summed E-state index contributed by atoms with van der Waals surface area (Å²) in [5.41, 5.74) is 0. The zero-order valence-corrected chi connectivity index (χ0v) is 9.14. The first-order valence-electron chi connectivity index (χ1n) is 5.24. The minimum atomic E-state index is -1.11. The van der Waals surface area contributed by atoms with E-state index in [1.165, 1.54) is 0 Å². The molecule has 0 spiro atoms. The average molecular weight is 229 g/mol. The molecule has 1 amide bonds. The van der Waals surface area contributed by atoms with Crippen LogP contribution in [0.3, 0.4) is 0 Å². The van der Waals surface area contributed by atoms with Gasteiger partial charge in [-0.05, 0) is 19.8 Å². The number of carboxylic acid groups (broad SMARTS) is 1. The Morgan fingerprint density at radius 2 is 2.12 bits per heavy atom. The van der Waals surface area contributed by atoms with Crippen molar-refractivity contribution in [2.75, 3.05) is 13.2 Å². The first kappa shape index (κ1) is 12.5. The van der Waals surface area contributed by atoms with E-state index < -0.39 is 18.1 Å². The van der Waals surface area contributed by atoms with Crippen molar-refractivity contribution in [3.8, 4) is 0 Å². The van der Waals surface area contributed by atoms with Gasteiger partial charge in [0, 0.05) is 6.54 Å². The number of nitrogens with zero attached hydrogens (tertiary/aromatic N) is 1. The van der Waals surface area contributed by atoms with Crippen LogP contribution in [0.4, 0.5) is 4.79 Å².